The van der Waals surface area contributed by atoms with Crippen LogP contribution < -0.4 is 0 Å². The van der Waals surface area contributed by atoms with Crippen molar-refractivity contribution in [3.05, 3.63) is 301 Å². The summed E-state index contributed by atoms with van der Waals surface area (Å²) in [6.07, 6.45) is 12.0. The lowest BCUT2D eigenvalue weighted by Gasteiger charge is -2.04. The predicted molar refractivity (Wildman–Crippen MR) is 468 cm³/mol. The Morgan fingerprint density at radius 1 is 0.349 bits per heavy atom. The topological polar surface area (TPSA) is 157 Å². The van der Waals surface area contributed by atoms with Crippen LogP contribution >= 0.6 is 11.6 Å². The van der Waals surface area contributed by atoms with Crippen molar-refractivity contribution in [3.63, 3.8) is 0 Å². The molecule has 0 fully saturated rings. The molecule has 10 aromatic heterocycles. The third-order valence-electron chi connectivity index (χ3n) is 14.9. The zero-order valence-electron chi connectivity index (χ0n) is 66.5. The molecule has 15 heteroatoms. The fourth-order valence-corrected chi connectivity index (χ4v) is 8.64. The van der Waals surface area contributed by atoms with Gasteiger partial charge in [-0.3, -0.25) is 49.8 Å². The number of aryl methyl sites for hydroxylation is 6. The van der Waals surface area contributed by atoms with Crippen molar-refractivity contribution in [1.29, 1.82) is 5.26 Å². The van der Waals surface area contributed by atoms with E-state index in [2.05, 4.69) is 227 Å². The van der Waals surface area contributed by atoms with Crippen LogP contribution in [0.25, 0.3) is 4.85 Å². The third kappa shape index (κ3) is 47.9. The maximum Gasteiger partial charge on any atom is 0.208 e. The molecular formula is C94H141ClF2N12. The lowest BCUT2D eigenvalue weighted by atomic mass is 10.1. The standard InChI is InChI=1S/C9H12FN.2C9H10N2.5C9H13N.C8H10ClN.C8H10FN.6CH4/c1-6(2)9-5-4-8(10)7(3)11-9;1-7(2)9-8(10-3)5-4-6-11-9;1-7(2)9-5-8(6-10)3-4-11-9;2*1-7(2)9-6-8(3)4-5-10-9;1-7(2)9-5-4-8(3)6-10-9;2*1-7(2)9-6-4-5-8(3)10-9;1-6(2)8-5-7(9)3-4-10-8;1-6(2)8-4-3-7(9)5-10-8;;;;;;/h4-6H,1-3H3;4-7H,1-2H3;3-5,7H,1-2H3;5*4-7H,1-3H3;2*3-6H,1-2H3;6*1H4. The van der Waals surface area contributed by atoms with Crippen molar-refractivity contribution in [2.45, 2.75) is 284 Å². The van der Waals surface area contributed by atoms with E-state index >= 15 is 0 Å². The first-order valence-corrected chi connectivity index (χ1v) is 36.1. The SMILES string of the molecule is C.C.C.C.C.C.CC(C)c1cc(C#N)ccn1.CC(C)c1cc(Cl)ccn1.CC(C)c1ccc(F)cn1.Cc1ccc(C(C)C)nc1.Cc1cccc(C(C)C)n1.Cc1cccc(C(C)C)n1.Cc1ccnc(C(C)C)c1.Cc1ccnc(C(C)C)c1.Cc1nc(C(C)C)ccc1F.[C-]#[N+]c1cccnc1C(C)C. The van der Waals surface area contributed by atoms with Gasteiger partial charge >= 0.3 is 0 Å². The van der Waals surface area contributed by atoms with Gasteiger partial charge in [-0.25, -0.2) is 13.6 Å². The van der Waals surface area contributed by atoms with E-state index in [1.165, 1.54) is 63.5 Å². The molecule has 0 N–H and O–H groups in total. The van der Waals surface area contributed by atoms with Gasteiger partial charge in [-0.1, -0.05) is 225 Å². The fourth-order valence-electron chi connectivity index (χ4n) is 8.48. The number of hydrogen-bond acceptors (Lipinski definition) is 11. The molecule has 0 spiro atoms. The van der Waals surface area contributed by atoms with Crippen LogP contribution in [-0.4, -0.2) is 49.8 Å². The van der Waals surface area contributed by atoms with E-state index in [1.54, 1.807) is 61.9 Å². The Kier molecular flexibility index (Phi) is 61.4. The molecule has 0 aromatic carbocycles. The normalized spacial score (nSPS) is 9.70. The Morgan fingerprint density at radius 3 is 1.03 bits per heavy atom. The molecule has 0 saturated heterocycles. The van der Waals surface area contributed by atoms with Crippen LogP contribution in [-0.2, 0) is 0 Å². The summed E-state index contributed by atoms with van der Waals surface area (Å²) in [4.78, 5) is 45.3. The average molecular weight is 1510 g/mol. The molecule has 0 bridgehead atoms. The molecule has 0 aliphatic heterocycles. The predicted octanol–water partition coefficient (Wildman–Crippen LogP) is 29.1. The van der Waals surface area contributed by atoms with Crippen molar-refractivity contribution in [2.24, 2.45) is 0 Å². The van der Waals surface area contributed by atoms with E-state index in [4.69, 9.17) is 23.4 Å². The highest BCUT2D eigenvalue weighted by atomic mass is 35.5. The zero-order chi connectivity index (χ0) is 77.9. The molecular weight excluding hydrogens is 1370 g/mol. The molecule has 0 saturated carbocycles. The number of rotatable bonds is 10. The maximum atomic E-state index is 12.7. The Labute approximate surface area is 668 Å². The minimum Gasteiger partial charge on any atom is -0.273 e. The van der Waals surface area contributed by atoms with Gasteiger partial charge < -0.3 is 0 Å². The maximum absolute atomic E-state index is 12.7. The van der Waals surface area contributed by atoms with Crippen LogP contribution in [0.15, 0.2) is 177 Å². The van der Waals surface area contributed by atoms with E-state index in [0.717, 1.165) is 44.9 Å². The van der Waals surface area contributed by atoms with Gasteiger partial charge in [-0.2, -0.15) is 5.26 Å². The molecule has 10 rings (SSSR count). The highest BCUT2D eigenvalue weighted by Gasteiger charge is 2.08. The molecule has 0 aliphatic rings. The molecule has 10 heterocycles. The monoisotopic (exact) mass is 1510 g/mol. The van der Waals surface area contributed by atoms with Gasteiger partial charge in [0.15, 0.2) is 0 Å². The number of halogens is 3. The van der Waals surface area contributed by atoms with Crippen molar-refractivity contribution in [3.8, 4) is 6.07 Å². The smallest absolute Gasteiger partial charge is 0.208 e. The summed E-state index contributed by atoms with van der Waals surface area (Å²) >= 11 is 5.75. The van der Waals surface area contributed by atoms with Crippen molar-refractivity contribution < 1.29 is 8.78 Å². The van der Waals surface area contributed by atoms with E-state index in [1.807, 2.05) is 110 Å². The van der Waals surface area contributed by atoms with Crippen LogP contribution in [0.3, 0.4) is 0 Å². The lowest BCUT2D eigenvalue weighted by Crippen LogP contribution is -1.96. The molecule has 0 aliphatic carbocycles. The number of nitrogens with zero attached hydrogens (tertiary/aromatic N) is 12. The Morgan fingerprint density at radius 2 is 0.725 bits per heavy atom. The van der Waals surface area contributed by atoms with E-state index in [9.17, 15) is 8.78 Å². The molecule has 12 nitrogen and oxygen atoms in total. The molecule has 0 amide bonds. The summed E-state index contributed by atoms with van der Waals surface area (Å²) in [5, 5.41) is 9.33. The quantitative estimate of drug-likeness (QED) is 0.120. The molecule has 0 unspecified atom stereocenters. The molecule has 0 radical (unpaired) electrons. The van der Waals surface area contributed by atoms with Crippen LogP contribution in [0, 0.1) is 71.1 Å². The summed E-state index contributed by atoms with van der Waals surface area (Å²) in [6.45, 7) is 60.9. The second kappa shape index (κ2) is 60.5. The average Bonchev–Trinajstić information content (AvgIpc) is 0.874. The van der Waals surface area contributed by atoms with Gasteiger partial charge in [0.2, 0.25) is 5.69 Å². The van der Waals surface area contributed by atoms with E-state index in [-0.39, 0.29) is 56.2 Å². The van der Waals surface area contributed by atoms with Gasteiger partial charge in [-0.15, -0.1) is 0 Å². The minimum atomic E-state index is -0.274. The minimum absolute atomic E-state index is 0. The second-order valence-corrected chi connectivity index (χ2v) is 28.4. The molecule has 598 valence electrons. The van der Waals surface area contributed by atoms with Gasteiger partial charge in [0.25, 0.3) is 0 Å². The Hall–Kier alpha value is -9.37. The van der Waals surface area contributed by atoms with Crippen LogP contribution in [0.4, 0.5) is 14.5 Å². The Bertz CT molecular complexity index is 3720. The first kappa shape index (κ1) is 111. The van der Waals surface area contributed by atoms with E-state index in [0.29, 0.717) is 76.1 Å². The van der Waals surface area contributed by atoms with Crippen molar-refractivity contribution in [1.82, 2.24) is 49.8 Å². The first-order valence-electron chi connectivity index (χ1n) is 35.7. The van der Waals surface area contributed by atoms with Crippen LogP contribution in [0.1, 0.15) is 338 Å². The number of aromatic nitrogens is 10. The fraction of sp³-hybridized carbons (Fsp3) is 0.447. The van der Waals surface area contributed by atoms with Crippen molar-refractivity contribution >= 4 is 17.3 Å². The number of pyridine rings is 10. The van der Waals surface area contributed by atoms with Gasteiger partial charge in [-0.05, 0) is 221 Å². The first-order chi connectivity index (χ1) is 48.5. The van der Waals surface area contributed by atoms with Crippen LogP contribution in [0.5, 0.6) is 0 Å². The Balaban J connectivity index is -0.000000269. The number of hydrogen-bond donors (Lipinski definition) is 0. The van der Waals surface area contributed by atoms with E-state index < -0.39 is 0 Å². The highest BCUT2D eigenvalue weighted by Crippen LogP contribution is 2.24. The summed E-state index contributed by atoms with van der Waals surface area (Å²) in [5.41, 5.74) is 18.5. The lowest BCUT2D eigenvalue weighted by molar-refractivity contribution is 0.604. The summed E-state index contributed by atoms with van der Waals surface area (Å²) in [7, 11) is 0. The molecule has 10 aromatic rings. The summed E-state index contributed by atoms with van der Waals surface area (Å²) in [6, 6.07) is 44.0. The van der Waals surface area contributed by atoms with Crippen molar-refractivity contribution in [2.75, 3.05) is 0 Å². The largest absolute Gasteiger partial charge is 0.273 e. The summed E-state index contributed by atoms with van der Waals surface area (Å²) in [5.74, 6) is 4.14. The zero-order valence-corrected chi connectivity index (χ0v) is 67.3. The summed E-state index contributed by atoms with van der Waals surface area (Å²) < 4.78 is 25.0. The molecule has 109 heavy (non-hydrogen) atoms. The molecule has 0 atom stereocenters. The second-order valence-electron chi connectivity index (χ2n) is 27.9. The van der Waals surface area contributed by atoms with Gasteiger partial charge in [0.1, 0.15) is 11.6 Å². The van der Waals surface area contributed by atoms with Gasteiger partial charge in [0.05, 0.1) is 30.1 Å². The highest BCUT2D eigenvalue weighted by molar-refractivity contribution is 6.30. The van der Waals surface area contributed by atoms with Gasteiger partial charge in [0, 0.05) is 111 Å². The number of nitriles is 1. The van der Waals surface area contributed by atoms with Crippen LogP contribution in [0.2, 0.25) is 5.02 Å². The third-order valence-corrected chi connectivity index (χ3v) is 15.1.